The van der Waals surface area contributed by atoms with Crippen molar-refractivity contribution in [2.45, 2.75) is 65.6 Å². The molecule has 7 heteroatoms. The highest BCUT2D eigenvalue weighted by molar-refractivity contribution is 6.30. The van der Waals surface area contributed by atoms with Crippen LogP contribution >= 0.6 is 11.6 Å². The van der Waals surface area contributed by atoms with Gasteiger partial charge in [0.25, 0.3) is 5.56 Å². The standard InChI is InChI=1S/C24H29ClN4O2/c1-15-4-10-20(11-5-15)27-22(30)14-29-24(31)23-17(3)28(16(2)21(23)12-26-29)13-18-6-8-19(25)9-7-18/h6-9,12,15,20H,4-5,10-11,13-14H2,1-3H3,(H,27,30). The van der Waals surface area contributed by atoms with Gasteiger partial charge in [0.1, 0.15) is 6.54 Å². The van der Waals surface area contributed by atoms with Crippen LogP contribution < -0.4 is 10.9 Å². The summed E-state index contributed by atoms with van der Waals surface area (Å²) in [6, 6.07) is 7.90. The van der Waals surface area contributed by atoms with E-state index in [4.69, 9.17) is 11.6 Å². The second-order valence-electron chi connectivity index (χ2n) is 8.80. The minimum Gasteiger partial charge on any atom is -0.352 e. The van der Waals surface area contributed by atoms with E-state index in [-0.39, 0.29) is 24.1 Å². The molecular weight excluding hydrogens is 412 g/mol. The van der Waals surface area contributed by atoms with Crippen LogP contribution in [-0.4, -0.2) is 26.3 Å². The van der Waals surface area contributed by atoms with Gasteiger partial charge in [0.15, 0.2) is 0 Å². The van der Waals surface area contributed by atoms with Gasteiger partial charge in [0, 0.05) is 34.4 Å². The zero-order valence-electron chi connectivity index (χ0n) is 18.3. The first-order valence-corrected chi connectivity index (χ1v) is 11.3. The first kappa shape index (κ1) is 21.6. The molecule has 0 radical (unpaired) electrons. The molecule has 1 aliphatic rings. The van der Waals surface area contributed by atoms with Crippen LogP contribution in [0.25, 0.3) is 10.8 Å². The van der Waals surface area contributed by atoms with Gasteiger partial charge >= 0.3 is 0 Å². The molecule has 2 aromatic heterocycles. The summed E-state index contributed by atoms with van der Waals surface area (Å²) in [5.41, 5.74) is 2.75. The summed E-state index contributed by atoms with van der Waals surface area (Å²) in [4.78, 5) is 25.7. The van der Waals surface area contributed by atoms with Crippen LogP contribution in [0, 0.1) is 19.8 Å². The van der Waals surface area contributed by atoms with Crippen molar-refractivity contribution in [3.05, 3.63) is 62.8 Å². The van der Waals surface area contributed by atoms with Crippen molar-refractivity contribution >= 4 is 28.3 Å². The highest BCUT2D eigenvalue weighted by Gasteiger charge is 2.21. The third-order valence-corrected chi connectivity index (χ3v) is 6.79. The summed E-state index contributed by atoms with van der Waals surface area (Å²) in [6.45, 7) is 6.78. The Hall–Kier alpha value is -2.60. The maximum Gasteiger partial charge on any atom is 0.276 e. The Morgan fingerprint density at radius 2 is 1.81 bits per heavy atom. The normalized spacial score (nSPS) is 19.0. The molecule has 2 heterocycles. The molecule has 0 atom stereocenters. The van der Waals surface area contributed by atoms with E-state index in [0.717, 1.165) is 53.9 Å². The molecule has 0 unspecified atom stereocenters. The molecule has 1 aromatic carbocycles. The number of rotatable bonds is 5. The first-order chi connectivity index (χ1) is 14.8. The smallest absolute Gasteiger partial charge is 0.276 e. The number of halogens is 1. The van der Waals surface area contributed by atoms with Gasteiger partial charge in [0.05, 0.1) is 11.6 Å². The van der Waals surface area contributed by atoms with Gasteiger partial charge in [-0.15, -0.1) is 0 Å². The molecule has 1 saturated carbocycles. The largest absolute Gasteiger partial charge is 0.352 e. The van der Waals surface area contributed by atoms with Gasteiger partial charge in [0.2, 0.25) is 5.91 Å². The second-order valence-corrected chi connectivity index (χ2v) is 9.24. The van der Waals surface area contributed by atoms with E-state index in [0.29, 0.717) is 17.0 Å². The predicted octanol–water partition coefficient (Wildman–Crippen LogP) is 4.21. The minimum atomic E-state index is -0.222. The van der Waals surface area contributed by atoms with Crippen molar-refractivity contribution in [2.75, 3.05) is 0 Å². The number of carbonyl (C=O) groups excluding carboxylic acids is 1. The molecule has 3 aromatic rings. The number of fused-ring (bicyclic) bond motifs is 1. The number of aromatic nitrogens is 3. The van der Waals surface area contributed by atoms with Gasteiger partial charge in [-0.25, -0.2) is 4.68 Å². The number of amides is 1. The van der Waals surface area contributed by atoms with Gasteiger partial charge in [-0.1, -0.05) is 30.7 Å². The summed E-state index contributed by atoms with van der Waals surface area (Å²) >= 11 is 6.00. The quantitative estimate of drug-likeness (QED) is 0.646. The lowest BCUT2D eigenvalue weighted by Crippen LogP contribution is -2.41. The molecule has 164 valence electrons. The number of hydrogen-bond acceptors (Lipinski definition) is 3. The van der Waals surface area contributed by atoms with E-state index in [9.17, 15) is 9.59 Å². The molecule has 0 saturated heterocycles. The van der Waals surface area contributed by atoms with E-state index < -0.39 is 0 Å². The van der Waals surface area contributed by atoms with Crippen LogP contribution in [0.1, 0.15) is 49.6 Å². The summed E-state index contributed by atoms with van der Waals surface area (Å²) in [5.74, 6) is 0.575. The second kappa shape index (κ2) is 8.87. The highest BCUT2D eigenvalue weighted by Crippen LogP contribution is 2.24. The van der Waals surface area contributed by atoms with Crippen molar-refractivity contribution in [3.63, 3.8) is 0 Å². The summed E-state index contributed by atoms with van der Waals surface area (Å²) in [5, 5.41) is 9.53. The molecule has 0 spiro atoms. The fourth-order valence-corrected chi connectivity index (χ4v) is 4.71. The van der Waals surface area contributed by atoms with E-state index in [2.05, 4.69) is 21.9 Å². The lowest BCUT2D eigenvalue weighted by molar-refractivity contribution is -0.122. The Kier molecular flexibility index (Phi) is 6.19. The van der Waals surface area contributed by atoms with E-state index in [1.807, 2.05) is 38.1 Å². The van der Waals surface area contributed by atoms with Crippen molar-refractivity contribution in [1.82, 2.24) is 19.7 Å². The zero-order chi connectivity index (χ0) is 22.1. The molecule has 1 fully saturated rings. The van der Waals surface area contributed by atoms with Crippen molar-refractivity contribution in [3.8, 4) is 0 Å². The fourth-order valence-electron chi connectivity index (χ4n) is 4.58. The number of aryl methyl sites for hydroxylation is 2. The van der Waals surface area contributed by atoms with E-state index in [1.165, 1.54) is 4.68 Å². The average Bonchev–Trinajstić information content (AvgIpc) is 2.98. The molecule has 1 amide bonds. The minimum absolute atomic E-state index is 0.0539. The fraction of sp³-hybridized carbons (Fsp3) is 0.458. The number of carbonyl (C=O) groups is 1. The van der Waals surface area contributed by atoms with Crippen LogP contribution in [0.15, 0.2) is 35.3 Å². The van der Waals surface area contributed by atoms with Crippen molar-refractivity contribution in [2.24, 2.45) is 5.92 Å². The molecule has 0 bridgehead atoms. The SMILES string of the molecule is Cc1c2cnn(CC(=O)NC3CCC(C)CC3)c(=O)c2c(C)n1Cc1ccc(Cl)cc1. The van der Waals surface area contributed by atoms with Crippen molar-refractivity contribution < 1.29 is 4.79 Å². The van der Waals surface area contributed by atoms with Crippen LogP contribution in [0.2, 0.25) is 5.02 Å². The Morgan fingerprint density at radius 3 is 2.48 bits per heavy atom. The topological polar surface area (TPSA) is 68.9 Å². The van der Waals surface area contributed by atoms with Gasteiger partial charge in [-0.3, -0.25) is 9.59 Å². The van der Waals surface area contributed by atoms with Crippen LogP contribution in [0.5, 0.6) is 0 Å². The molecule has 1 N–H and O–H groups in total. The zero-order valence-corrected chi connectivity index (χ0v) is 19.1. The number of benzene rings is 1. The third kappa shape index (κ3) is 4.54. The van der Waals surface area contributed by atoms with E-state index in [1.54, 1.807) is 6.20 Å². The Balaban J connectivity index is 1.57. The Bertz CT molecular complexity index is 1160. The predicted molar refractivity (Wildman–Crippen MR) is 124 cm³/mol. The number of nitrogens with zero attached hydrogens (tertiary/aromatic N) is 3. The first-order valence-electron chi connectivity index (χ1n) is 10.9. The molecule has 1 aliphatic carbocycles. The number of hydrogen-bond donors (Lipinski definition) is 1. The maximum absolute atomic E-state index is 13.2. The Morgan fingerprint density at radius 1 is 1.13 bits per heavy atom. The van der Waals surface area contributed by atoms with Crippen LogP contribution in [0.3, 0.4) is 0 Å². The summed E-state index contributed by atoms with van der Waals surface area (Å²) < 4.78 is 3.40. The molecule has 31 heavy (non-hydrogen) atoms. The van der Waals surface area contributed by atoms with Gasteiger partial charge in [-0.2, -0.15) is 5.10 Å². The molecular formula is C24H29ClN4O2. The van der Waals surface area contributed by atoms with E-state index >= 15 is 0 Å². The summed E-state index contributed by atoms with van der Waals surface area (Å²) in [7, 11) is 0. The average molecular weight is 441 g/mol. The van der Waals surface area contributed by atoms with Crippen LogP contribution in [0.4, 0.5) is 0 Å². The molecule has 4 rings (SSSR count). The Labute approximate surface area is 187 Å². The monoisotopic (exact) mass is 440 g/mol. The third-order valence-electron chi connectivity index (χ3n) is 6.53. The van der Waals surface area contributed by atoms with Crippen molar-refractivity contribution in [1.29, 1.82) is 0 Å². The lowest BCUT2D eigenvalue weighted by Gasteiger charge is -2.26. The number of nitrogens with one attached hydrogen (secondary N) is 1. The van der Waals surface area contributed by atoms with Gasteiger partial charge in [-0.05, 0) is 63.1 Å². The van der Waals surface area contributed by atoms with Crippen LogP contribution in [-0.2, 0) is 17.9 Å². The molecule has 6 nitrogen and oxygen atoms in total. The lowest BCUT2D eigenvalue weighted by atomic mass is 9.87. The highest BCUT2D eigenvalue weighted by atomic mass is 35.5. The maximum atomic E-state index is 13.2. The van der Waals surface area contributed by atoms with Gasteiger partial charge < -0.3 is 9.88 Å². The molecule has 0 aliphatic heterocycles. The summed E-state index contributed by atoms with van der Waals surface area (Å²) in [6.07, 6.45) is 5.97.